The summed E-state index contributed by atoms with van der Waals surface area (Å²) in [6.45, 7) is 3.47. The van der Waals surface area contributed by atoms with Crippen molar-refractivity contribution in [2.45, 2.75) is 24.9 Å². The first-order valence-electron chi connectivity index (χ1n) is 11.4. The Labute approximate surface area is 219 Å². The van der Waals surface area contributed by atoms with Crippen LogP contribution in [0.4, 0.5) is 10.5 Å². The van der Waals surface area contributed by atoms with Crippen LogP contribution in [-0.2, 0) is 11.3 Å². The molecule has 0 saturated carbocycles. The molecule has 3 heterocycles. The monoisotopic (exact) mass is 519 g/mol. The van der Waals surface area contributed by atoms with Gasteiger partial charge < -0.3 is 4.90 Å². The zero-order valence-electron chi connectivity index (χ0n) is 19.8. The molecule has 2 aliphatic heterocycles. The Hall–Kier alpha value is -3.44. The highest BCUT2D eigenvalue weighted by Gasteiger charge is 2.64. The maximum atomic E-state index is 14.2. The van der Waals surface area contributed by atoms with E-state index in [9.17, 15) is 14.9 Å². The van der Waals surface area contributed by atoms with Gasteiger partial charge in [-0.15, -0.1) is 0 Å². The number of amides is 3. The lowest BCUT2D eigenvalue weighted by molar-refractivity contribution is -0.124. The quantitative estimate of drug-likeness (QED) is 0.452. The topological polar surface area (TPSA) is 80.5 Å². The van der Waals surface area contributed by atoms with Crippen LogP contribution in [0.5, 0.6) is 0 Å². The molecule has 0 bridgehead atoms. The first kappa shape index (κ1) is 24.3. The minimum atomic E-state index is -1.14. The molecule has 0 N–H and O–H groups in total. The molecule has 1 spiro atoms. The van der Waals surface area contributed by atoms with E-state index in [0.717, 1.165) is 16.7 Å². The zero-order chi connectivity index (χ0) is 25.6. The van der Waals surface area contributed by atoms with Crippen LogP contribution in [0.1, 0.15) is 28.2 Å². The number of hydrogen-bond acceptors (Lipinski definition) is 5. The number of likely N-dealkylation sites (N-methyl/N-ethyl adjacent to an activating group) is 1. The molecule has 2 fully saturated rings. The van der Waals surface area contributed by atoms with Crippen LogP contribution in [0, 0.1) is 18.3 Å². The number of anilines is 1. The summed E-state index contributed by atoms with van der Waals surface area (Å²) >= 11 is 12.4. The third-order valence-electron chi connectivity index (χ3n) is 7.02. The number of carbonyl (C=O) groups is 2. The van der Waals surface area contributed by atoms with Gasteiger partial charge in [0.25, 0.3) is 5.91 Å². The first-order chi connectivity index (χ1) is 17.2. The molecule has 182 valence electrons. The Balaban J connectivity index is 1.58. The minimum Gasteiger partial charge on any atom is -0.310 e. The summed E-state index contributed by atoms with van der Waals surface area (Å²) < 4.78 is 0. The second kappa shape index (κ2) is 9.21. The van der Waals surface area contributed by atoms with Gasteiger partial charge in [0.2, 0.25) is 0 Å². The number of benzene rings is 2. The number of carbonyl (C=O) groups excluding carboxylic acids is 2. The van der Waals surface area contributed by atoms with Crippen molar-refractivity contribution < 1.29 is 9.59 Å². The fourth-order valence-electron chi connectivity index (χ4n) is 5.38. The van der Waals surface area contributed by atoms with Crippen molar-refractivity contribution in [3.63, 3.8) is 0 Å². The number of pyridine rings is 1. The Morgan fingerprint density at radius 1 is 1.08 bits per heavy atom. The SMILES string of the molecule is Cc1cncc(CN2C[C@@H](c3ccc(C#N)cc3)[C@]3(C2)C(=O)N(c2cc(Cl)cc(Cl)c2)C(=O)N3C)c1. The average Bonchev–Trinajstić information content (AvgIpc) is 3.30. The normalized spacial score (nSPS) is 22.0. The average molecular weight is 520 g/mol. The van der Waals surface area contributed by atoms with Gasteiger partial charge in [0.1, 0.15) is 5.54 Å². The van der Waals surface area contributed by atoms with Gasteiger partial charge in [-0.3, -0.25) is 14.7 Å². The number of hydrogen-bond donors (Lipinski definition) is 0. The molecule has 0 aliphatic carbocycles. The minimum absolute atomic E-state index is 0.316. The van der Waals surface area contributed by atoms with E-state index in [1.807, 2.05) is 25.3 Å². The number of nitrogens with zero attached hydrogens (tertiary/aromatic N) is 5. The number of aryl methyl sites for hydroxylation is 1. The Kier molecular flexibility index (Phi) is 6.21. The van der Waals surface area contributed by atoms with Gasteiger partial charge >= 0.3 is 6.03 Å². The Bertz CT molecular complexity index is 1380. The van der Waals surface area contributed by atoms with Crippen molar-refractivity contribution in [2.75, 3.05) is 25.0 Å². The third-order valence-corrected chi connectivity index (χ3v) is 7.45. The number of rotatable bonds is 4. The summed E-state index contributed by atoms with van der Waals surface area (Å²) in [5, 5.41) is 9.93. The summed E-state index contributed by atoms with van der Waals surface area (Å²) in [7, 11) is 1.67. The number of aromatic nitrogens is 1. The number of likely N-dealkylation sites (tertiary alicyclic amines) is 1. The molecule has 3 amide bonds. The standard InChI is InChI=1S/C27H23Cl2N5O2/c1-17-7-19(13-31-12-17)14-33-15-24(20-5-3-18(11-30)4-6-20)27(16-33)25(35)34(26(36)32(27)2)23-9-21(28)8-22(29)10-23/h3-10,12-13,24H,14-16H2,1-2H3/t24-,27+/m0/s1. The van der Waals surface area contributed by atoms with Crippen molar-refractivity contribution in [2.24, 2.45) is 0 Å². The number of imide groups is 1. The Morgan fingerprint density at radius 3 is 2.42 bits per heavy atom. The third kappa shape index (κ3) is 4.01. The van der Waals surface area contributed by atoms with Crippen molar-refractivity contribution >= 4 is 40.8 Å². The van der Waals surface area contributed by atoms with Crippen LogP contribution < -0.4 is 4.90 Å². The van der Waals surface area contributed by atoms with Gasteiger partial charge in [-0.2, -0.15) is 5.26 Å². The summed E-state index contributed by atoms with van der Waals surface area (Å²) in [6, 6.07) is 15.7. The van der Waals surface area contributed by atoms with Gasteiger partial charge in [0.15, 0.2) is 0 Å². The van der Waals surface area contributed by atoms with E-state index in [4.69, 9.17) is 23.2 Å². The summed E-state index contributed by atoms with van der Waals surface area (Å²) in [6.07, 6.45) is 3.62. The second-order valence-corrected chi connectivity index (χ2v) is 10.2. The van der Waals surface area contributed by atoms with Crippen LogP contribution >= 0.6 is 23.2 Å². The lowest BCUT2D eigenvalue weighted by Gasteiger charge is -2.34. The van der Waals surface area contributed by atoms with Crippen LogP contribution in [-0.4, -0.2) is 52.4 Å². The lowest BCUT2D eigenvalue weighted by atomic mass is 9.80. The fourth-order valence-corrected chi connectivity index (χ4v) is 5.89. The second-order valence-electron chi connectivity index (χ2n) is 9.36. The molecule has 1 aromatic heterocycles. The highest BCUT2D eigenvalue weighted by Crippen LogP contribution is 2.47. The van der Waals surface area contributed by atoms with Gasteiger partial charge in [-0.05, 0) is 53.9 Å². The molecule has 0 unspecified atom stereocenters. The van der Waals surface area contributed by atoms with E-state index in [1.165, 1.54) is 4.90 Å². The van der Waals surface area contributed by atoms with Crippen LogP contribution in [0.2, 0.25) is 10.0 Å². The van der Waals surface area contributed by atoms with Crippen molar-refractivity contribution in [1.29, 1.82) is 5.26 Å². The molecule has 2 saturated heterocycles. The molecule has 0 radical (unpaired) electrons. The highest BCUT2D eigenvalue weighted by atomic mass is 35.5. The van der Waals surface area contributed by atoms with E-state index in [1.54, 1.807) is 48.5 Å². The van der Waals surface area contributed by atoms with Gasteiger partial charge in [0.05, 0.1) is 17.3 Å². The molecule has 3 aromatic rings. The molecular weight excluding hydrogens is 497 g/mol. The first-order valence-corrected chi connectivity index (χ1v) is 12.2. The maximum absolute atomic E-state index is 14.2. The summed E-state index contributed by atoms with van der Waals surface area (Å²) in [5.74, 6) is -0.642. The van der Waals surface area contributed by atoms with E-state index < -0.39 is 11.6 Å². The van der Waals surface area contributed by atoms with E-state index in [0.29, 0.717) is 40.9 Å². The maximum Gasteiger partial charge on any atom is 0.332 e. The van der Waals surface area contributed by atoms with Gasteiger partial charge in [0, 0.05) is 55.0 Å². The predicted molar refractivity (Wildman–Crippen MR) is 138 cm³/mol. The molecule has 2 aliphatic rings. The van der Waals surface area contributed by atoms with Crippen molar-refractivity contribution in [3.05, 3.63) is 93.2 Å². The number of nitriles is 1. The fraction of sp³-hybridized carbons (Fsp3) is 0.259. The highest BCUT2D eigenvalue weighted by molar-refractivity contribution is 6.35. The molecule has 5 rings (SSSR count). The molecule has 2 aromatic carbocycles. The van der Waals surface area contributed by atoms with Crippen LogP contribution in [0.15, 0.2) is 60.9 Å². The molecule has 7 nitrogen and oxygen atoms in total. The van der Waals surface area contributed by atoms with E-state index >= 15 is 0 Å². The lowest BCUT2D eigenvalue weighted by Crippen LogP contribution is -2.53. The van der Waals surface area contributed by atoms with Gasteiger partial charge in [-0.25, -0.2) is 9.69 Å². The van der Waals surface area contributed by atoms with Crippen LogP contribution in [0.3, 0.4) is 0 Å². The largest absolute Gasteiger partial charge is 0.332 e. The smallest absolute Gasteiger partial charge is 0.310 e. The molecular formula is C27H23Cl2N5O2. The van der Waals surface area contributed by atoms with Crippen molar-refractivity contribution in [1.82, 2.24) is 14.8 Å². The number of halogens is 2. The molecule has 2 atom stereocenters. The predicted octanol–water partition coefficient (Wildman–Crippen LogP) is 5.01. The molecule has 36 heavy (non-hydrogen) atoms. The van der Waals surface area contributed by atoms with Crippen LogP contribution in [0.25, 0.3) is 0 Å². The van der Waals surface area contributed by atoms with Crippen molar-refractivity contribution in [3.8, 4) is 6.07 Å². The van der Waals surface area contributed by atoms with Gasteiger partial charge in [-0.1, -0.05) is 41.4 Å². The zero-order valence-corrected chi connectivity index (χ0v) is 21.3. The van der Waals surface area contributed by atoms with E-state index in [2.05, 4.69) is 22.0 Å². The molecule has 9 heteroatoms. The number of urea groups is 1. The summed E-state index contributed by atoms with van der Waals surface area (Å²) in [5.41, 5.74) is 2.70. The summed E-state index contributed by atoms with van der Waals surface area (Å²) in [4.78, 5) is 37.0. The van der Waals surface area contributed by atoms with E-state index in [-0.39, 0.29) is 11.8 Å². The Morgan fingerprint density at radius 2 is 1.78 bits per heavy atom.